The molecule has 0 saturated carbocycles. The maximum absolute atomic E-state index is 13.1. The summed E-state index contributed by atoms with van der Waals surface area (Å²) < 4.78 is 15.1. The highest BCUT2D eigenvalue weighted by Gasteiger charge is 2.18. The number of hydrogen-bond donors (Lipinski definition) is 0. The molecule has 0 saturated heterocycles. The number of nitrogens with zero attached hydrogens (tertiary/aromatic N) is 5. The number of ether oxygens (including phenoxy) is 1. The van der Waals surface area contributed by atoms with Crippen LogP contribution >= 0.6 is 47.1 Å². The summed E-state index contributed by atoms with van der Waals surface area (Å²) >= 11 is 9.84. The summed E-state index contributed by atoms with van der Waals surface area (Å²) in [6.07, 6.45) is 2.03. The summed E-state index contributed by atoms with van der Waals surface area (Å²) in [4.78, 5) is 23.6. The van der Waals surface area contributed by atoms with E-state index in [0.717, 1.165) is 16.1 Å². The summed E-state index contributed by atoms with van der Waals surface area (Å²) in [5, 5.41) is 4.62. The van der Waals surface area contributed by atoms with Crippen molar-refractivity contribution in [1.82, 2.24) is 24.3 Å². The first-order chi connectivity index (χ1) is 17.0. The van der Waals surface area contributed by atoms with E-state index in [1.807, 2.05) is 54.8 Å². The fourth-order valence-corrected chi connectivity index (χ4v) is 5.97. The van der Waals surface area contributed by atoms with Crippen molar-refractivity contribution in [1.29, 1.82) is 0 Å². The van der Waals surface area contributed by atoms with Gasteiger partial charge in [-0.3, -0.25) is 13.9 Å². The molecule has 0 atom stereocenters. The second-order valence-electron chi connectivity index (χ2n) is 7.35. The molecule has 3 heterocycles. The van der Waals surface area contributed by atoms with Crippen LogP contribution in [0.25, 0.3) is 27.4 Å². The molecule has 5 rings (SSSR count). The van der Waals surface area contributed by atoms with Crippen LogP contribution in [0.5, 0.6) is 5.75 Å². The Morgan fingerprint density at radius 3 is 2.71 bits per heavy atom. The van der Waals surface area contributed by atoms with E-state index in [0.29, 0.717) is 42.7 Å². The maximum Gasteiger partial charge on any atom is 0.273 e. The highest BCUT2D eigenvalue weighted by molar-refractivity contribution is 7.98. The summed E-state index contributed by atoms with van der Waals surface area (Å²) in [5.74, 6) is 2.03. The van der Waals surface area contributed by atoms with Crippen LogP contribution in [0.1, 0.15) is 5.89 Å². The summed E-state index contributed by atoms with van der Waals surface area (Å²) in [7, 11) is 3.30. The minimum absolute atomic E-state index is 0.157. The van der Waals surface area contributed by atoms with Crippen molar-refractivity contribution in [2.45, 2.75) is 15.8 Å². The molecule has 0 aliphatic heterocycles. The van der Waals surface area contributed by atoms with Crippen LogP contribution in [0.2, 0.25) is 0 Å². The minimum Gasteiger partial charge on any atom is -0.497 e. The Kier molecular flexibility index (Phi) is 6.78. The monoisotopic (exact) mass is 541 g/mol. The number of thiazole rings is 1. The number of fused-ring (bicyclic) bond motifs is 1. The van der Waals surface area contributed by atoms with Crippen molar-refractivity contribution >= 4 is 57.4 Å². The van der Waals surface area contributed by atoms with Crippen LogP contribution in [0.15, 0.2) is 67.9 Å². The Hall–Kier alpha value is -2.93. The van der Waals surface area contributed by atoms with Crippen molar-refractivity contribution < 1.29 is 9.26 Å². The third-order valence-electron chi connectivity index (χ3n) is 5.23. The highest BCUT2D eigenvalue weighted by atomic mass is 32.2. The van der Waals surface area contributed by atoms with Gasteiger partial charge in [-0.05, 0) is 54.9 Å². The molecule has 178 valence electrons. The molecular formula is C23H19N5O3S4. The average molecular weight is 542 g/mol. The van der Waals surface area contributed by atoms with Gasteiger partial charge in [-0.1, -0.05) is 34.3 Å². The second-order valence-corrected chi connectivity index (χ2v) is 10.8. The van der Waals surface area contributed by atoms with Crippen molar-refractivity contribution in [2.75, 3.05) is 13.4 Å². The van der Waals surface area contributed by atoms with Gasteiger partial charge in [0.15, 0.2) is 14.8 Å². The van der Waals surface area contributed by atoms with Crippen molar-refractivity contribution in [3.05, 3.63) is 68.7 Å². The molecule has 8 nitrogen and oxygen atoms in total. The third-order valence-corrected chi connectivity index (χ3v) is 8.34. The number of aromatic nitrogens is 5. The molecule has 0 aliphatic rings. The number of hydrogen-bond acceptors (Lipinski definition) is 10. The van der Waals surface area contributed by atoms with Gasteiger partial charge in [0, 0.05) is 23.6 Å². The predicted octanol–water partition coefficient (Wildman–Crippen LogP) is 5.59. The predicted molar refractivity (Wildman–Crippen MR) is 143 cm³/mol. The molecule has 2 aromatic carbocycles. The molecular weight excluding hydrogens is 523 g/mol. The van der Waals surface area contributed by atoms with Gasteiger partial charge in [0.2, 0.25) is 11.7 Å². The Labute approximate surface area is 218 Å². The second kappa shape index (κ2) is 9.97. The van der Waals surface area contributed by atoms with E-state index in [-0.39, 0.29) is 5.56 Å². The SMILES string of the molecule is COc1cccc(-n2c(=S)sc3c(=O)n(C)c(SCc4nc(-c5ccc(SC)cc5)no4)nc32)c1. The van der Waals surface area contributed by atoms with Crippen molar-refractivity contribution in [2.24, 2.45) is 7.05 Å². The Bertz CT molecular complexity index is 1640. The first kappa shape index (κ1) is 23.8. The molecule has 0 spiro atoms. The standard InChI is InChI=1S/C23H19N5O3S4/c1-27-21(29)18-20(28(23(32)35-18)14-5-4-6-15(11-14)30-2)25-22(27)34-12-17-24-19(26-31-17)13-7-9-16(33-3)10-8-13/h4-11H,12H2,1-3H3. The van der Waals surface area contributed by atoms with E-state index >= 15 is 0 Å². The Balaban J connectivity index is 1.46. The largest absolute Gasteiger partial charge is 0.497 e. The van der Waals surface area contributed by atoms with Crippen LogP contribution in [0.3, 0.4) is 0 Å². The molecule has 3 aromatic heterocycles. The summed E-state index contributed by atoms with van der Waals surface area (Å²) in [6.45, 7) is 0. The van der Waals surface area contributed by atoms with E-state index in [4.69, 9.17) is 26.5 Å². The van der Waals surface area contributed by atoms with E-state index in [9.17, 15) is 4.79 Å². The van der Waals surface area contributed by atoms with Gasteiger partial charge in [0.1, 0.15) is 10.4 Å². The van der Waals surface area contributed by atoms with E-state index in [1.165, 1.54) is 27.7 Å². The van der Waals surface area contributed by atoms with Gasteiger partial charge >= 0.3 is 0 Å². The Morgan fingerprint density at radius 2 is 1.97 bits per heavy atom. The van der Waals surface area contributed by atoms with E-state index < -0.39 is 0 Å². The van der Waals surface area contributed by atoms with Gasteiger partial charge in [0.05, 0.1) is 18.6 Å². The average Bonchev–Trinajstić information content (AvgIpc) is 3.49. The van der Waals surface area contributed by atoms with Gasteiger partial charge in [-0.2, -0.15) is 4.98 Å². The normalized spacial score (nSPS) is 11.3. The first-order valence-corrected chi connectivity index (χ1v) is 13.8. The lowest BCUT2D eigenvalue weighted by atomic mass is 10.2. The van der Waals surface area contributed by atoms with Crippen molar-refractivity contribution in [3.63, 3.8) is 0 Å². The van der Waals surface area contributed by atoms with E-state index in [2.05, 4.69) is 10.1 Å². The van der Waals surface area contributed by atoms with Crippen LogP contribution in [0.4, 0.5) is 0 Å². The molecule has 0 N–H and O–H groups in total. The quantitative estimate of drug-likeness (QED) is 0.149. The van der Waals surface area contributed by atoms with Crippen LogP contribution in [-0.4, -0.2) is 37.6 Å². The molecule has 0 fully saturated rings. The summed E-state index contributed by atoms with van der Waals surface area (Å²) in [6, 6.07) is 15.5. The van der Waals surface area contributed by atoms with Crippen LogP contribution in [0, 0.1) is 3.95 Å². The molecule has 35 heavy (non-hydrogen) atoms. The minimum atomic E-state index is -0.157. The summed E-state index contributed by atoms with van der Waals surface area (Å²) in [5.41, 5.74) is 2.02. The van der Waals surface area contributed by atoms with E-state index in [1.54, 1.807) is 30.5 Å². The number of thioether (sulfide) groups is 2. The number of methoxy groups -OCH3 is 1. The lowest BCUT2D eigenvalue weighted by Crippen LogP contribution is -2.19. The molecule has 5 aromatic rings. The van der Waals surface area contributed by atoms with Gasteiger partial charge < -0.3 is 9.26 Å². The number of benzene rings is 2. The third kappa shape index (κ3) is 4.66. The smallest absolute Gasteiger partial charge is 0.273 e. The fraction of sp³-hybridized carbons (Fsp3) is 0.174. The lowest BCUT2D eigenvalue weighted by Gasteiger charge is -2.09. The molecule has 0 bridgehead atoms. The zero-order valence-corrected chi connectivity index (χ0v) is 22.2. The fourth-order valence-electron chi connectivity index (χ4n) is 3.41. The van der Waals surface area contributed by atoms with Crippen LogP contribution < -0.4 is 10.3 Å². The molecule has 0 amide bonds. The molecule has 0 unspecified atom stereocenters. The molecule has 0 radical (unpaired) electrons. The topological polar surface area (TPSA) is 88.0 Å². The highest BCUT2D eigenvalue weighted by Crippen LogP contribution is 2.28. The zero-order valence-electron chi connectivity index (χ0n) is 18.9. The maximum atomic E-state index is 13.1. The van der Waals surface area contributed by atoms with Gasteiger partial charge in [0.25, 0.3) is 5.56 Å². The zero-order chi connectivity index (χ0) is 24.5. The molecule has 12 heteroatoms. The van der Waals surface area contributed by atoms with Crippen molar-refractivity contribution in [3.8, 4) is 22.8 Å². The van der Waals surface area contributed by atoms with Gasteiger partial charge in [-0.15, -0.1) is 11.8 Å². The number of rotatable bonds is 7. The molecule has 0 aliphatic carbocycles. The Morgan fingerprint density at radius 1 is 1.17 bits per heavy atom. The lowest BCUT2D eigenvalue weighted by molar-refractivity contribution is 0.391. The first-order valence-electron chi connectivity index (χ1n) is 10.4. The van der Waals surface area contributed by atoms with Crippen LogP contribution in [-0.2, 0) is 12.8 Å². The van der Waals surface area contributed by atoms with Gasteiger partial charge in [-0.25, -0.2) is 4.98 Å².